The Hall–Kier alpha value is -5.23. The lowest BCUT2D eigenvalue weighted by Gasteiger charge is -2.59. The van der Waals surface area contributed by atoms with Crippen molar-refractivity contribution in [3.8, 4) is 11.5 Å². The molecule has 6 rings (SSSR count). The topological polar surface area (TPSA) is 192 Å². The number of nitro groups is 1. The summed E-state index contributed by atoms with van der Waals surface area (Å²) in [5.74, 6) is -0.440. The molecular formula is C51H65N3O12S. The second kappa shape index (κ2) is 26.3. The average molecular weight is 944 g/mol. The molecule has 67 heavy (non-hydrogen) atoms. The highest BCUT2D eigenvalue weighted by atomic mass is 32.2. The van der Waals surface area contributed by atoms with Crippen LogP contribution in [-0.4, -0.2) is 114 Å². The number of nitro benzene ring substituents is 1. The number of ether oxygens (including phenoxy) is 5. The minimum absolute atomic E-state index is 0.000306. The lowest BCUT2D eigenvalue weighted by molar-refractivity contribution is -0.384. The molecule has 3 N–H and O–H groups in total. The number of carbonyl (C=O) groups is 1. The van der Waals surface area contributed by atoms with Crippen molar-refractivity contribution in [2.45, 2.75) is 80.6 Å². The Kier molecular flexibility index (Phi) is 20.1. The zero-order chi connectivity index (χ0) is 47.4. The normalized spacial score (nSPS) is 22.1. The van der Waals surface area contributed by atoms with Gasteiger partial charge in [0.15, 0.2) is 0 Å². The van der Waals surface area contributed by atoms with Gasteiger partial charge in [0.1, 0.15) is 24.1 Å². The van der Waals surface area contributed by atoms with E-state index in [1.165, 1.54) is 12.1 Å². The van der Waals surface area contributed by atoms with Crippen molar-refractivity contribution in [1.29, 1.82) is 0 Å². The first kappa shape index (κ1) is 51.2. The first-order valence-corrected chi connectivity index (χ1v) is 24.2. The van der Waals surface area contributed by atoms with Gasteiger partial charge in [-0.1, -0.05) is 54.4 Å². The van der Waals surface area contributed by atoms with Crippen LogP contribution in [0.3, 0.4) is 0 Å². The number of rotatable bonds is 29. The second-order valence-corrected chi connectivity index (χ2v) is 17.9. The second-order valence-electron chi connectivity index (χ2n) is 16.7. The molecule has 1 heterocycles. The van der Waals surface area contributed by atoms with Crippen LogP contribution in [0.4, 0.5) is 10.5 Å². The zero-order valence-corrected chi connectivity index (χ0v) is 39.0. The van der Waals surface area contributed by atoms with Gasteiger partial charge in [0.2, 0.25) is 5.79 Å². The molecule has 0 saturated heterocycles. The predicted octanol–water partition coefficient (Wildman–Crippen LogP) is 8.62. The molecule has 1 fully saturated rings. The quantitative estimate of drug-likeness (QED) is 0.0197. The molecule has 2 aliphatic carbocycles. The van der Waals surface area contributed by atoms with Crippen molar-refractivity contribution in [3.63, 3.8) is 0 Å². The molecule has 362 valence electrons. The van der Waals surface area contributed by atoms with Crippen LogP contribution < -0.4 is 9.47 Å². The van der Waals surface area contributed by atoms with E-state index in [0.717, 1.165) is 47.5 Å². The van der Waals surface area contributed by atoms with E-state index in [0.29, 0.717) is 48.6 Å². The largest absolute Gasteiger partial charge is 0.493 e. The Bertz CT molecular complexity index is 2120. The van der Waals surface area contributed by atoms with E-state index in [9.17, 15) is 30.2 Å². The molecule has 0 bridgehead atoms. The van der Waals surface area contributed by atoms with E-state index in [1.54, 1.807) is 40.9 Å². The first-order valence-electron chi connectivity index (χ1n) is 23.3. The number of carbonyl (C=O) groups excluding carboxylic acids is 1. The Morgan fingerprint density at radius 3 is 2.43 bits per heavy atom. The standard InChI is InChI=1S/C51H65N3O12S/c1-3-5-28-63-50(58)53(23-29-61-30-26-57)47-35-45(52-65-36-37-17-19-39(20-18-37)54(59)60)43-33-38(13-9-11-24-55)42(16-10-12-25-56)48-44-34-40(62-31-32-67-41-14-7-6-8-15-41)21-22-46(44)66-51(47,49(43)48)64-27-4-2/h3-4,6-8,14-15,17-22,33-34,38,42,47-49,55-57H,1-2,5,9-13,16,23-32,35-36H2/t38-,42+,47-,48+,49+,51+/m0/s1. The summed E-state index contributed by atoms with van der Waals surface area (Å²) in [5, 5.41) is 45.7. The van der Waals surface area contributed by atoms with Crippen LogP contribution in [0.1, 0.15) is 68.4 Å². The van der Waals surface area contributed by atoms with Crippen LogP contribution in [-0.2, 0) is 25.7 Å². The molecule has 0 radical (unpaired) electrons. The van der Waals surface area contributed by atoms with Gasteiger partial charge in [-0.25, -0.2) is 4.79 Å². The SMILES string of the molecule is C=CCCOC(=O)N(CCOCCO)[C@H]1CC(=NOCc2ccc([N+](=O)[O-])cc2)C2=C[C@H](CCCCO)[C@@H](CCCCO)[C@@H]3c4cc(OCCSc5ccccc5)ccc4O[C@@]1(OCC=C)[C@H]23. The molecule has 16 heteroatoms. The van der Waals surface area contributed by atoms with Gasteiger partial charge in [-0.15, -0.1) is 24.9 Å². The van der Waals surface area contributed by atoms with Crippen LogP contribution in [0.2, 0.25) is 0 Å². The summed E-state index contributed by atoms with van der Waals surface area (Å²) >= 11 is 1.71. The van der Waals surface area contributed by atoms with Crippen molar-refractivity contribution in [2.24, 2.45) is 22.9 Å². The third-order valence-corrected chi connectivity index (χ3v) is 13.4. The lowest BCUT2D eigenvalue weighted by atomic mass is 9.55. The minimum atomic E-state index is -1.54. The number of thioether (sulfide) groups is 1. The van der Waals surface area contributed by atoms with E-state index < -0.39 is 28.8 Å². The molecule has 0 spiro atoms. The summed E-state index contributed by atoms with van der Waals surface area (Å²) in [7, 11) is 0. The zero-order valence-electron chi connectivity index (χ0n) is 38.2. The number of aliphatic hydroxyl groups excluding tert-OH is 3. The number of amides is 1. The van der Waals surface area contributed by atoms with E-state index in [2.05, 4.69) is 37.4 Å². The molecule has 1 saturated carbocycles. The Labute approximate surface area is 397 Å². The molecule has 0 aromatic heterocycles. The van der Waals surface area contributed by atoms with Gasteiger partial charge in [-0.05, 0) is 97.5 Å². The van der Waals surface area contributed by atoms with E-state index in [1.807, 2.05) is 30.3 Å². The van der Waals surface area contributed by atoms with Gasteiger partial charge in [-0.3, -0.25) is 15.0 Å². The first-order chi connectivity index (χ1) is 32.8. The van der Waals surface area contributed by atoms with Gasteiger partial charge in [0.05, 0.1) is 56.2 Å². The van der Waals surface area contributed by atoms with Crippen molar-refractivity contribution >= 4 is 29.3 Å². The molecular weight excluding hydrogens is 879 g/mol. The lowest BCUT2D eigenvalue weighted by Crippen LogP contribution is -2.70. The smallest absolute Gasteiger partial charge is 0.410 e. The summed E-state index contributed by atoms with van der Waals surface area (Å²) in [6.45, 7) is 8.53. The van der Waals surface area contributed by atoms with Crippen LogP contribution in [0.5, 0.6) is 11.5 Å². The highest BCUT2D eigenvalue weighted by Crippen LogP contribution is 2.62. The van der Waals surface area contributed by atoms with Gasteiger partial charge in [0.25, 0.3) is 5.69 Å². The fourth-order valence-electron chi connectivity index (χ4n) is 9.49. The summed E-state index contributed by atoms with van der Waals surface area (Å²) in [5.41, 5.74) is 2.96. The summed E-state index contributed by atoms with van der Waals surface area (Å²) < 4.78 is 32.4. The summed E-state index contributed by atoms with van der Waals surface area (Å²) in [4.78, 5) is 34.3. The van der Waals surface area contributed by atoms with Crippen molar-refractivity contribution in [1.82, 2.24) is 4.90 Å². The van der Waals surface area contributed by atoms with Crippen LogP contribution >= 0.6 is 11.8 Å². The van der Waals surface area contributed by atoms with Gasteiger partial charge in [0, 0.05) is 60.4 Å². The number of hydrogen-bond acceptors (Lipinski definition) is 14. The number of unbranched alkanes of at least 4 members (excludes halogenated alkanes) is 2. The summed E-state index contributed by atoms with van der Waals surface area (Å²) in [6.07, 6.45) is 9.77. The number of aliphatic hydroxyl groups is 3. The number of hydrogen-bond donors (Lipinski definition) is 3. The number of nitrogens with zero attached hydrogens (tertiary/aromatic N) is 3. The number of non-ortho nitro benzene ring substituents is 1. The van der Waals surface area contributed by atoms with Crippen LogP contribution in [0, 0.1) is 27.9 Å². The molecule has 3 aliphatic rings. The van der Waals surface area contributed by atoms with Gasteiger partial charge < -0.3 is 43.8 Å². The molecule has 3 aromatic carbocycles. The van der Waals surface area contributed by atoms with Crippen molar-refractivity contribution in [2.75, 3.05) is 65.2 Å². The van der Waals surface area contributed by atoms with E-state index >= 15 is 0 Å². The third-order valence-electron chi connectivity index (χ3n) is 12.4. The summed E-state index contributed by atoms with van der Waals surface area (Å²) in [6, 6.07) is 21.2. The number of benzene rings is 3. The Balaban J connectivity index is 1.51. The molecule has 6 atom stereocenters. The van der Waals surface area contributed by atoms with E-state index in [-0.39, 0.29) is 89.3 Å². The van der Waals surface area contributed by atoms with Crippen LogP contribution in [0.25, 0.3) is 0 Å². The van der Waals surface area contributed by atoms with E-state index in [4.69, 9.17) is 33.7 Å². The fraction of sp³-hybridized carbons (Fsp3) is 0.490. The maximum Gasteiger partial charge on any atom is 0.410 e. The highest BCUT2D eigenvalue weighted by molar-refractivity contribution is 7.99. The average Bonchev–Trinajstić information content (AvgIpc) is 3.34. The molecule has 1 aliphatic heterocycles. The molecule has 15 nitrogen and oxygen atoms in total. The van der Waals surface area contributed by atoms with Gasteiger partial charge in [-0.2, -0.15) is 0 Å². The molecule has 1 amide bonds. The van der Waals surface area contributed by atoms with Crippen molar-refractivity contribution in [3.05, 3.63) is 131 Å². The third kappa shape index (κ3) is 13.3. The van der Waals surface area contributed by atoms with Gasteiger partial charge >= 0.3 is 6.09 Å². The monoisotopic (exact) mass is 943 g/mol. The fourth-order valence-corrected chi connectivity index (χ4v) is 10.2. The number of oxime groups is 1. The number of fused-ring (bicyclic) bond motifs is 2. The number of allylic oxidation sites excluding steroid dienone is 1. The Morgan fingerprint density at radius 1 is 0.940 bits per heavy atom. The molecule has 3 aromatic rings. The minimum Gasteiger partial charge on any atom is -0.493 e. The van der Waals surface area contributed by atoms with Crippen LogP contribution in [0.15, 0.2) is 120 Å². The maximum atomic E-state index is 14.5. The molecule has 0 unspecified atom stereocenters. The van der Waals surface area contributed by atoms with Crippen molar-refractivity contribution < 1.29 is 53.6 Å². The Morgan fingerprint density at radius 2 is 1.72 bits per heavy atom. The highest BCUT2D eigenvalue weighted by Gasteiger charge is 2.65. The maximum absolute atomic E-state index is 14.5. The predicted molar refractivity (Wildman–Crippen MR) is 256 cm³/mol.